The first-order chi connectivity index (χ1) is 9.15. The van der Waals surface area contributed by atoms with Gasteiger partial charge in [-0.05, 0) is 56.1 Å². The van der Waals surface area contributed by atoms with Crippen LogP contribution in [-0.2, 0) is 0 Å². The first kappa shape index (κ1) is 12.9. The van der Waals surface area contributed by atoms with E-state index in [1.807, 2.05) is 18.2 Å². The minimum Gasteiger partial charge on any atom is -0.389 e. The number of nitrogens with one attached hydrogen (secondary N) is 1. The van der Waals surface area contributed by atoms with Crippen molar-refractivity contribution in [2.75, 3.05) is 5.32 Å². The Kier molecular flexibility index (Phi) is 3.48. The molecule has 2 bridgehead atoms. The Morgan fingerprint density at radius 1 is 1.32 bits per heavy atom. The molecule has 2 fully saturated rings. The van der Waals surface area contributed by atoms with Gasteiger partial charge >= 0.3 is 0 Å². The van der Waals surface area contributed by atoms with Gasteiger partial charge in [0.05, 0.1) is 0 Å². The average Bonchev–Trinajstić information content (AvgIpc) is 3.01. The predicted octanol–water partition coefficient (Wildman–Crippen LogP) is 3.56. The van der Waals surface area contributed by atoms with Crippen LogP contribution in [0, 0.1) is 17.8 Å². The second-order valence-electron chi connectivity index (χ2n) is 6.18. The number of benzene rings is 1. The van der Waals surface area contributed by atoms with Crippen molar-refractivity contribution >= 4 is 22.9 Å². The van der Waals surface area contributed by atoms with Gasteiger partial charge in [-0.3, -0.25) is 0 Å². The highest BCUT2D eigenvalue weighted by Crippen LogP contribution is 2.49. The predicted molar refractivity (Wildman–Crippen MR) is 84.4 cm³/mol. The summed E-state index contributed by atoms with van der Waals surface area (Å²) in [4.78, 5) is 0.475. The fourth-order valence-electron chi connectivity index (χ4n) is 4.08. The molecule has 2 nitrogen and oxygen atoms in total. The first-order valence-corrected chi connectivity index (χ1v) is 7.71. The topological polar surface area (TPSA) is 38.0 Å². The Labute approximate surface area is 120 Å². The van der Waals surface area contributed by atoms with E-state index in [0.29, 0.717) is 11.0 Å². The lowest BCUT2D eigenvalue weighted by molar-refractivity contribution is 0.304. The molecule has 3 rings (SSSR count). The third-order valence-electron chi connectivity index (χ3n) is 5.01. The van der Waals surface area contributed by atoms with Crippen molar-refractivity contribution in [1.82, 2.24) is 0 Å². The van der Waals surface area contributed by atoms with Gasteiger partial charge in [0.2, 0.25) is 0 Å². The smallest absolute Gasteiger partial charge is 0.106 e. The molecular weight excluding hydrogens is 252 g/mol. The van der Waals surface area contributed by atoms with Crippen molar-refractivity contribution in [3.05, 3.63) is 29.8 Å². The normalized spacial score (nSPS) is 30.3. The van der Waals surface area contributed by atoms with Gasteiger partial charge in [0, 0.05) is 17.3 Å². The summed E-state index contributed by atoms with van der Waals surface area (Å²) in [6.45, 7) is 2.31. The van der Waals surface area contributed by atoms with Crippen LogP contribution in [0.1, 0.15) is 38.2 Å². The number of para-hydroxylation sites is 1. The highest BCUT2D eigenvalue weighted by Gasteiger charge is 2.41. The minimum absolute atomic E-state index is 0.475. The lowest BCUT2D eigenvalue weighted by atomic mass is 9.84. The van der Waals surface area contributed by atoms with Crippen LogP contribution in [-0.4, -0.2) is 11.0 Å². The summed E-state index contributed by atoms with van der Waals surface area (Å²) in [5, 5.41) is 3.65. The first-order valence-electron chi connectivity index (χ1n) is 7.30. The fourth-order valence-corrected chi connectivity index (χ4v) is 4.26. The molecule has 1 aromatic carbocycles. The van der Waals surface area contributed by atoms with Gasteiger partial charge in [-0.15, -0.1) is 0 Å². The van der Waals surface area contributed by atoms with Crippen LogP contribution in [0.3, 0.4) is 0 Å². The molecule has 4 atom stereocenters. The van der Waals surface area contributed by atoms with Crippen LogP contribution in [0.25, 0.3) is 0 Å². The summed E-state index contributed by atoms with van der Waals surface area (Å²) in [5.74, 6) is 2.74. The van der Waals surface area contributed by atoms with Crippen molar-refractivity contribution < 1.29 is 0 Å². The maximum absolute atomic E-state index is 5.80. The van der Waals surface area contributed by atoms with Crippen molar-refractivity contribution in [1.29, 1.82) is 0 Å². The molecular formula is C16H22N2S. The Balaban J connectivity index is 1.73. The highest BCUT2D eigenvalue weighted by molar-refractivity contribution is 7.80. The van der Waals surface area contributed by atoms with Crippen molar-refractivity contribution in [3.63, 3.8) is 0 Å². The summed E-state index contributed by atoms with van der Waals surface area (Å²) >= 11 is 5.13. The summed E-state index contributed by atoms with van der Waals surface area (Å²) in [6.07, 6.45) is 5.73. The molecule has 0 spiro atoms. The van der Waals surface area contributed by atoms with E-state index >= 15 is 0 Å². The second-order valence-corrected chi connectivity index (χ2v) is 6.62. The van der Waals surface area contributed by atoms with E-state index in [2.05, 4.69) is 18.3 Å². The molecule has 2 aliphatic carbocycles. The lowest BCUT2D eigenvalue weighted by Crippen LogP contribution is -2.30. The quantitative estimate of drug-likeness (QED) is 0.825. The van der Waals surface area contributed by atoms with Crippen molar-refractivity contribution in [2.24, 2.45) is 23.5 Å². The molecule has 3 heteroatoms. The lowest BCUT2D eigenvalue weighted by Gasteiger charge is -2.29. The summed E-state index contributed by atoms with van der Waals surface area (Å²) in [5.41, 5.74) is 7.85. The molecule has 2 aliphatic rings. The molecule has 0 heterocycles. The van der Waals surface area contributed by atoms with Crippen LogP contribution >= 0.6 is 12.2 Å². The van der Waals surface area contributed by atoms with Gasteiger partial charge in [0.1, 0.15) is 4.99 Å². The Morgan fingerprint density at radius 3 is 2.74 bits per heavy atom. The molecule has 2 saturated carbocycles. The standard InChI is InChI=1S/C16H22N2S/c1-10(14-9-11-6-7-12(14)8-11)18-15-5-3-2-4-13(15)16(17)19/h2-5,10-12,14,18H,6-9H2,1H3,(H2,17,19). The van der Waals surface area contributed by atoms with E-state index in [9.17, 15) is 0 Å². The van der Waals surface area contributed by atoms with Crippen LogP contribution in [0.2, 0.25) is 0 Å². The van der Waals surface area contributed by atoms with E-state index in [0.717, 1.165) is 29.0 Å². The van der Waals surface area contributed by atoms with Crippen LogP contribution in [0.5, 0.6) is 0 Å². The molecule has 0 aliphatic heterocycles. The van der Waals surface area contributed by atoms with Gasteiger partial charge in [-0.25, -0.2) is 0 Å². The highest BCUT2D eigenvalue weighted by atomic mass is 32.1. The molecule has 0 saturated heterocycles. The van der Waals surface area contributed by atoms with E-state index < -0.39 is 0 Å². The molecule has 1 aromatic rings. The van der Waals surface area contributed by atoms with Gasteiger partial charge in [-0.1, -0.05) is 30.8 Å². The largest absolute Gasteiger partial charge is 0.389 e. The Morgan fingerprint density at radius 2 is 2.11 bits per heavy atom. The number of fused-ring (bicyclic) bond motifs is 2. The Hall–Kier alpha value is -1.09. The zero-order chi connectivity index (χ0) is 13.4. The number of rotatable bonds is 4. The average molecular weight is 274 g/mol. The number of nitrogens with two attached hydrogens (primary N) is 1. The van der Waals surface area contributed by atoms with Crippen molar-refractivity contribution in [3.8, 4) is 0 Å². The summed E-state index contributed by atoms with van der Waals surface area (Å²) in [6, 6.07) is 8.61. The SMILES string of the molecule is CC(Nc1ccccc1C(N)=S)C1CC2CCC1C2. The van der Waals surface area contributed by atoms with E-state index in [-0.39, 0.29) is 0 Å². The van der Waals surface area contributed by atoms with Gasteiger partial charge in [0.15, 0.2) is 0 Å². The van der Waals surface area contributed by atoms with Gasteiger partial charge in [-0.2, -0.15) is 0 Å². The van der Waals surface area contributed by atoms with E-state index in [1.165, 1.54) is 25.7 Å². The van der Waals surface area contributed by atoms with Crippen LogP contribution in [0.4, 0.5) is 5.69 Å². The minimum atomic E-state index is 0.475. The molecule has 3 N–H and O–H groups in total. The molecule has 0 radical (unpaired) electrons. The molecule has 102 valence electrons. The van der Waals surface area contributed by atoms with E-state index in [4.69, 9.17) is 18.0 Å². The number of anilines is 1. The molecule has 19 heavy (non-hydrogen) atoms. The van der Waals surface area contributed by atoms with Crippen molar-refractivity contribution in [2.45, 2.75) is 38.6 Å². The number of hydrogen-bond acceptors (Lipinski definition) is 2. The summed E-state index contributed by atoms with van der Waals surface area (Å²) in [7, 11) is 0. The zero-order valence-corrected chi connectivity index (χ0v) is 12.2. The van der Waals surface area contributed by atoms with Crippen LogP contribution < -0.4 is 11.1 Å². The Bertz CT molecular complexity index is 485. The van der Waals surface area contributed by atoms with E-state index in [1.54, 1.807) is 0 Å². The maximum Gasteiger partial charge on any atom is 0.106 e. The monoisotopic (exact) mass is 274 g/mol. The molecule has 0 aromatic heterocycles. The van der Waals surface area contributed by atoms with Gasteiger partial charge < -0.3 is 11.1 Å². The third kappa shape index (κ3) is 2.48. The summed E-state index contributed by atoms with van der Waals surface area (Å²) < 4.78 is 0. The number of hydrogen-bond donors (Lipinski definition) is 2. The molecule has 4 unspecified atom stereocenters. The third-order valence-corrected chi connectivity index (χ3v) is 5.23. The second kappa shape index (κ2) is 5.12. The van der Waals surface area contributed by atoms with Crippen LogP contribution in [0.15, 0.2) is 24.3 Å². The fraction of sp³-hybridized carbons (Fsp3) is 0.562. The zero-order valence-electron chi connectivity index (χ0n) is 11.4. The maximum atomic E-state index is 5.80. The number of thiocarbonyl (C=S) groups is 1. The van der Waals surface area contributed by atoms with Gasteiger partial charge in [0.25, 0.3) is 0 Å². The molecule has 0 amide bonds.